The third-order valence-electron chi connectivity index (χ3n) is 2.65. The molecule has 2 amide bonds. The number of carboxylic acid groups (broad SMARTS) is 1. The van der Waals surface area contributed by atoms with Crippen LogP contribution < -0.4 is 10.6 Å². The summed E-state index contributed by atoms with van der Waals surface area (Å²) in [6.07, 6.45) is 1.06. The zero-order valence-electron chi connectivity index (χ0n) is 11.3. The van der Waals surface area contributed by atoms with Gasteiger partial charge in [-0.05, 0) is 20.3 Å². The lowest BCUT2D eigenvalue weighted by Gasteiger charge is -2.13. The normalized spacial score (nSPS) is 11.9. The zero-order chi connectivity index (χ0) is 14.4. The summed E-state index contributed by atoms with van der Waals surface area (Å²) in [7, 11) is 0. The molecule has 1 heterocycles. The average Bonchev–Trinajstić information content (AvgIpc) is 2.65. The van der Waals surface area contributed by atoms with E-state index in [4.69, 9.17) is 9.52 Å². The molecule has 106 valence electrons. The van der Waals surface area contributed by atoms with Gasteiger partial charge >= 0.3 is 12.0 Å². The number of nitrogens with one attached hydrogen (secondary N) is 2. The number of urea groups is 1. The minimum Gasteiger partial charge on any atom is -0.480 e. The lowest BCUT2D eigenvalue weighted by Crippen LogP contribution is -2.45. The van der Waals surface area contributed by atoms with Gasteiger partial charge in [-0.2, -0.15) is 0 Å². The van der Waals surface area contributed by atoms with Crippen molar-refractivity contribution in [1.82, 2.24) is 15.6 Å². The monoisotopic (exact) mass is 269 g/mol. The fourth-order valence-corrected chi connectivity index (χ4v) is 1.53. The maximum atomic E-state index is 11.5. The van der Waals surface area contributed by atoms with Crippen LogP contribution in [0.5, 0.6) is 0 Å². The number of nitrogens with zero attached hydrogens (tertiary/aromatic N) is 1. The van der Waals surface area contributed by atoms with Crippen molar-refractivity contribution in [1.29, 1.82) is 0 Å². The van der Waals surface area contributed by atoms with Crippen molar-refractivity contribution in [2.75, 3.05) is 0 Å². The first-order valence-corrected chi connectivity index (χ1v) is 6.14. The van der Waals surface area contributed by atoms with E-state index in [1.807, 2.05) is 13.8 Å². The van der Waals surface area contributed by atoms with Crippen molar-refractivity contribution in [2.24, 2.45) is 0 Å². The lowest BCUT2D eigenvalue weighted by molar-refractivity contribution is -0.139. The molecule has 7 heteroatoms. The van der Waals surface area contributed by atoms with Gasteiger partial charge in [-0.15, -0.1) is 0 Å². The van der Waals surface area contributed by atoms with E-state index < -0.39 is 18.0 Å². The Morgan fingerprint density at radius 2 is 2.11 bits per heavy atom. The predicted molar refractivity (Wildman–Crippen MR) is 67.7 cm³/mol. The molecule has 1 aromatic rings. The standard InChI is InChI=1S/C12H19N3O4/c1-4-5-9(11(16)17)15-12(18)13-6-10-14-7(2)8(3)19-10/h9H,4-6H2,1-3H3,(H,16,17)(H2,13,15,18). The third kappa shape index (κ3) is 4.61. The highest BCUT2D eigenvalue weighted by molar-refractivity contribution is 5.82. The molecule has 0 aliphatic heterocycles. The predicted octanol–water partition coefficient (Wildman–Crippen LogP) is 1.34. The van der Waals surface area contributed by atoms with E-state index in [-0.39, 0.29) is 6.54 Å². The Labute approximate surface area is 111 Å². The number of oxazole rings is 1. The fourth-order valence-electron chi connectivity index (χ4n) is 1.53. The Balaban J connectivity index is 2.44. The number of amides is 2. The van der Waals surface area contributed by atoms with Crippen molar-refractivity contribution >= 4 is 12.0 Å². The second-order valence-electron chi connectivity index (χ2n) is 4.26. The van der Waals surface area contributed by atoms with Crippen molar-refractivity contribution in [3.63, 3.8) is 0 Å². The highest BCUT2D eigenvalue weighted by Crippen LogP contribution is 2.07. The van der Waals surface area contributed by atoms with Crippen LogP contribution in [0.25, 0.3) is 0 Å². The van der Waals surface area contributed by atoms with Gasteiger partial charge < -0.3 is 20.2 Å². The molecule has 0 bridgehead atoms. The number of aryl methyl sites for hydroxylation is 2. The summed E-state index contributed by atoms with van der Waals surface area (Å²) < 4.78 is 5.29. The van der Waals surface area contributed by atoms with Gasteiger partial charge in [-0.1, -0.05) is 13.3 Å². The molecule has 0 aliphatic rings. The highest BCUT2D eigenvalue weighted by Gasteiger charge is 2.18. The van der Waals surface area contributed by atoms with Gasteiger partial charge in [0.1, 0.15) is 11.8 Å². The molecule has 3 N–H and O–H groups in total. The van der Waals surface area contributed by atoms with Crippen molar-refractivity contribution in [3.05, 3.63) is 17.3 Å². The van der Waals surface area contributed by atoms with E-state index >= 15 is 0 Å². The molecule has 19 heavy (non-hydrogen) atoms. The molecule has 0 saturated carbocycles. The zero-order valence-corrected chi connectivity index (χ0v) is 11.3. The topological polar surface area (TPSA) is 104 Å². The molecule has 0 saturated heterocycles. The summed E-state index contributed by atoms with van der Waals surface area (Å²) in [6, 6.07) is -1.42. The maximum Gasteiger partial charge on any atom is 0.326 e. The quantitative estimate of drug-likeness (QED) is 0.723. The van der Waals surface area contributed by atoms with Crippen LogP contribution in [-0.4, -0.2) is 28.1 Å². The largest absolute Gasteiger partial charge is 0.480 e. The van der Waals surface area contributed by atoms with Crippen molar-refractivity contribution in [3.8, 4) is 0 Å². The lowest BCUT2D eigenvalue weighted by atomic mass is 10.2. The molecule has 7 nitrogen and oxygen atoms in total. The van der Waals surface area contributed by atoms with Gasteiger partial charge in [0.15, 0.2) is 0 Å². The number of carboxylic acids is 1. The average molecular weight is 269 g/mol. The van der Waals surface area contributed by atoms with Crippen molar-refractivity contribution in [2.45, 2.75) is 46.2 Å². The third-order valence-corrected chi connectivity index (χ3v) is 2.65. The van der Waals surface area contributed by atoms with Crippen molar-refractivity contribution < 1.29 is 19.1 Å². The molecule has 1 rings (SSSR count). The van der Waals surface area contributed by atoms with Crippen LogP contribution in [0.15, 0.2) is 4.42 Å². The molecular weight excluding hydrogens is 250 g/mol. The Morgan fingerprint density at radius 1 is 1.42 bits per heavy atom. The molecule has 0 aromatic carbocycles. The van der Waals surface area contributed by atoms with Crippen LogP contribution in [-0.2, 0) is 11.3 Å². The molecule has 0 fully saturated rings. The molecule has 1 aromatic heterocycles. The SMILES string of the molecule is CCCC(NC(=O)NCc1nc(C)c(C)o1)C(=O)O. The van der Waals surface area contributed by atoms with Crippen LogP contribution in [0.2, 0.25) is 0 Å². The van der Waals surface area contributed by atoms with Crippen LogP contribution >= 0.6 is 0 Å². The number of aromatic nitrogens is 1. The molecule has 0 aliphatic carbocycles. The van der Waals surface area contributed by atoms with Gasteiger partial charge in [0.2, 0.25) is 5.89 Å². The molecule has 0 spiro atoms. The maximum absolute atomic E-state index is 11.5. The first-order chi connectivity index (χ1) is 8.93. The highest BCUT2D eigenvalue weighted by atomic mass is 16.4. The fraction of sp³-hybridized carbons (Fsp3) is 0.583. The Kier molecular flexibility index (Phi) is 5.35. The first kappa shape index (κ1) is 15.0. The molecule has 0 radical (unpaired) electrons. The summed E-state index contributed by atoms with van der Waals surface area (Å²) in [5, 5.41) is 13.8. The van der Waals surface area contributed by atoms with Gasteiger partial charge in [-0.25, -0.2) is 14.6 Å². The summed E-state index contributed by atoms with van der Waals surface area (Å²) in [5.74, 6) is 0.0546. The summed E-state index contributed by atoms with van der Waals surface area (Å²) in [4.78, 5) is 26.5. The van der Waals surface area contributed by atoms with Crippen LogP contribution in [0.3, 0.4) is 0 Å². The van der Waals surface area contributed by atoms with E-state index in [1.54, 1.807) is 6.92 Å². The number of carbonyl (C=O) groups is 2. The molecule has 1 unspecified atom stereocenters. The number of aliphatic carboxylic acids is 1. The Bertz CT molecular complexity index is 436. The van der Waals surface area contributed by atoms with E-state index in [2.05, 4.69) is 15.6 Å². The smallest absolute Gasteiger partial charge is 0.326 e. The summed E-state index contributed by atoms with van der Waals surface area (Å²) in [6.45, 7) is 5.57. The number of hydrogen-bond acceptors (Lipinski definition) is 4. The number of carbonyl (C=O) groups excluding carboxylic acids is 1. The minimum absolute atomic E-state index is 0.124. The second kappa shape index (κ2) is 6.77. The van der Waals surface area contributed by atoms with Gasteiger partial charge in [0.25, 0.3) is 0 Å². The van der Waals surface area contributed by atoms with Crippen LogP contribution in [0.1, 0.15) is 37.1 Å². The number of hydrogen-bond donors (Lipinski definition) is 3. The van der Waals surface area contributed by atoms with E-state index in [9.17, 15) is 9.59 Å². The number of rotatable bonds is 6. The summed E-state index contributed by atoms with van der Waals surface area (Å²) in [5.41, 5.74) is 0.770. The Hall–Kier alpha value is -2.05. The van der Waals surface area contributed by atoms with Gasteiger partial charge in [0, 0.05) is 0 Å². The Morgan fingerprint density at radius 3 is 2.58 bits per heavy atom. The first-order valence-electron chi connectivity index (χ1n) is 6.14. The van der Waals surface area contributed by atoms with E-state index in [0.717, 1.165) is 5.69 Å². The van der Waals surface area contributed by atoms with Crippen LogP contribution in [0.4, 0.5) is 4.79 Å². The van der Waals surface area contributed by atoms with E-state index in [1.165, 1.54) is 0 Å². The molecule has 1 atom stereocenters. The van der Waals surface area contributed by atoms with Gasteiger partial charge in [-0.3, -0.25) is 0 Å². The van der Waals surface area contributed by atoms with Gasteiger partial charge in [0.05, 0.1) is 12.2 Å². The summed E-state index contributed by atoms with van der Waals surface area (Å²) >= 11 is 0. The van der Waals surface area contributed by atoms with Crippen LogP contribution in [0, 0.1) is 13.8 Å². The minimum atomic E-state index is -1.04. The van der Waals surface area contributed by atoms with E-state index in [0.29, 0.717) is 24.5 Å². The molecular formula is C12H19N3O4. The second-order valence-corrected chi connectivity index (χ2v) is 4.26.